The summed E-state index contributed by atoms with van der Waals surface area (Å²) in [6, 6.07) is 21.2. The van der Waals surface area contributed by atoms with Gasteiger partial charge in [0.1, 0.15) is 0 Å². The molecule has 0 unspecified atom stereocenters. The molecule has 3 aromatic rings. The highest BCUT2D eigenvalue weighted by Gasteiger charge is 2.17. The van der Waals surface area contributed by atoms with E-state index in [-0.39, 0.29) is 17.0 Å². The molecule has 0 saturated heterocycles. The number of carbonyl (C=O) groups excluding carboxylic acids is 2. The van der Waals surface area contributed by atoms with E-state index in [4.69, 9.17) is 0 Å². The summed E-state index contributed by atoms with van der Waals surface area (Å²) in [6.07, 6.45) is 0. The quantitative estimate of drug-likeness (QED) is 0.688. The number of benzene rings is 3. The van der Waals surface area contributed by atoms with E-state index in [1.54, 1.807) is 60.7 Å². The molecule has 2 N–H and O–H groups in total. The van der Waals surface area contributed by atoms with Crippen molar-refractivity contribution >= 4 is 23.3 Å². The summed E-state index contributed by atoms with van der Waals surface area (Å²) < 4.78 is 0. The largest absolute Gasteiger partial charge is 0.478 e. The Labute approximate surface area is 149 Å². The fraction of sp³-hybridized carbons (Fsp3) is 0. The molecular formula is C21H15NO4. The first kappa shape index (κ1) is 17.1. The van der Waals surface area contributed by atoms with Crippen molar-refractivity contribution in [3.63, 3.8) is 0 Å². The number of hydrogen-bond acceptors (Lipinski definition) is 3. The maximum absolute atomic E-state index is 12.6. The number of carboxylic acids is 1. The Bertz CT molecular complexity index is 966. The summed E-state index contributed by atoms with van der Waals surface area (Å²) in [7, 11) is 0. The zero-order valence-electron chi connectivity index (χ0n) is 13.7. The standard InChI is InChI=1S/C21H15NO4/c23-19(14-7-3-1-4-8-14)16-11-12-17(21(25)26)18(13-16)22-20(24)15-9-5-2-6-10-15/h1-13H,(H,22,24)(H,25,26). The van der Waals surface area contributed by atoms with E-state index in [0.29, 0.717) is 16.7 Å². The van der Waals surface area contributed by atoms with Gasteiger partial charge >= 0.3 is 5.97 Å². The normalized spacial score (nSPS) is 10.2. The second-order valence-electron chi connectivity index (χ2n) is 5.58. The van der Waals surface area contributed by atoms with E-state index < -0.39 is 11.9 Å². The van der Waals surface area contributed by atoms with E-state index in [1.165, 1.54) is 18.2 Å². The zero-order chi connectivity index (χ0) is 18.5. The lowest BCUT2D eigenvalue weighted by Gasteiger charge is -2.11. The maximum Gasteiger partial charge on any atom is 0.337 e. The van der Waals surface area contributed by atoms with E-state index in [1.807, 2.05) is 0 Å². The lowest BCUT2D eigenvalue weighted by atomic mass is 10.0. The zero-order valence-corrected chi connectivity index (χ0v) is 13.7. The Morgan fingerprint density at radius 1 is 0.692 bits per heavy atom. The topological polar surface area (TPSA) is 83.5 Å². The van der Waals surface area contributed by atoms with Gasteiger partial charge in [0.2, 0.25) is 0 Å². The SMILES string of the molecule is O=C(Nc1cc(C(=O)c2ccccc2)ccc1C(=O)O)c1ccccc1. The molecule has 0 spiro atoms. The second-order valence-corrected chi connectivity index (χ2v) is 5.58. The van der Waals surface area contributed by atoms with Gasteiger partial charge in [0.15, 0.2) is 5.78 Å². The minimum Gasteiger partial charge on any atom is -0.478 e. The highest BCUT2D eigenvalue weighted by molar-refractivity contribution is 6.12. The first-order chi connectivity index (χ1) is 12.6. The summed E-state index contributed by atoms with van der Waals surface area (Å²) in [4.78, 5) is 36.4. The molecule has 0 saturated carbocycles. The van der Waals surface area contributed by atoms with Gasteiger partial charge in [-0.3, -0.25) is 9.59 Å². The smallest absolute Gasteiger partial charge is 0.337 e. The van der Waals surface area contributed by atoms with Crippen LogP contribution in [0.3, 0.4) is 0 Å². The van der Waals surface area contributed by atoms with Gasteiger partial charge in [-0.1, -0.05) is 54.6 Å². The number of aromatic carboxylic acids is 1. The first-order valence-corrected chi connectivity index (χ1v) is 7.90. The van der Waals surface area contributed by atoms with Gasteiger partial charge in [0.05, 0.1) is 11.3 Å². The summed E-state index contributed by atoms with van der Waals surface area (Å²) in [5, 5.41) is 11.9. The molecule has 0 atom stereocenters. The van der Waals surface area contributed by atoms with Crippen molar-refractivity contribution in [2.45, 2.75) is 0 Å². The molecule has 128 valence electrons. The molecule has 0 aromatic heterocycles. The van der Waals surface area contributed by atoms with Crippen molar-refractivity contribution in [3.05, 3.63) is 101 Å². The Morgan fingerprint density at radius 2 is 1.27 bits per heavy atom. The number of amides is 1. The van der Waals surface area contributed by atoms with Crippen LogP contribution < -0.4 is 5.32 Å². The number of carboxylic acid groups (broad SMARTS) is 1. The molecule has 0 aliphatic carbocycles. The Balaban J connectivity index is 1.96. The number of rotatable bonds is 5. The Hall–Kier alpha value is -3.73. The lowest BCUT2D eigenvalue weighted by Crippen LogP contribution is -2.15. The molecular weight excluding hydrogens is 330 g/mol. The third-order valence-electron chi connectivity index (χ3n) is 3.83. The highest BCUT2D eigenvalue weighted by Crippen LogP contribution is 2.21. The molecule has 1 amide bonds. The molecule has 26 heavy (non-hydrogen) atoms. The van der Waals surface area contributed by atoms with Crippen LogP contribution in [0.4, 0.5) is 5.69 Å². The van der Waals surface area contributed by atoms with Crippen LogP contribution in [0.1, 0.15) is 36.6 Å². The second kappa shape index (κ2) is 7.44. The van der Waals surface area contributed by atoms with Gasteiger partial charge in [-0.2, -0.15) is 0 Å². The van der Waals surface area contributed by atoms with Crippen molar-refractivity contribution < 1.29 is 19.5 Å². The van der Waals surface area contributed by atoms with E-state index in [2.05, 4.69) is 5.32 Å². The molecule has 5 nitrogen and oxygen atoms in total. The molecule has 0 bridgehead atoms. The lowest BCUT2D eigenvalue weighted by molar-refractivity contribution is 0.0697. The van der Waals surface area contributed by atoms with Crippen LogP contribution in [0.5, 0.6) is 0 Å². The molecule has 5 heteroatoms. The van der Waals surface area contributed by atoms with Gasteiger partial charge in [0.25, 0.3) is 5.91 Å². The molecule has 0 heterocycles. The van der Waals surface area contributed by atoms with Crippen LogP contribution in [0.15, 0.2) is 78.9 Å². The van der Waals surface area contributed by atoms with Crippen molar-refractivity contribution in [1.82, 2.24) is 0 Å². The van der Waals surface area contributed by atoms with Crippen LogP contribution in [0.25, 0.3) is 0 Å². The van der Waals surface area contributed by atoms with Crippen LogP contribution in [0.2, 0.25) is 0 Å². The molecule has 3 aromatic carbocycles. The summed E-state index contributed by atoms with van der Waals surface area (Å²) in [6.45, 7) is 0. The molecule has 3 rings (SSSR count). The van der Waals surface area contributed by atoms with Crippen molar-refractivity contribution in [2.24, 2.45) is 0 Å². The van der Waals surface area contributed by atoms with Crippen molar-refractivity contribution in [1.29, 1.82) is 0 Å². The van der Waals surface area contributed by atoms with Crippen LogP contribution in [-0.4, -0.2) is 22.8 Å². The van der Waals surface area contributed by atoms with Crippen LogP contribution >= 0.6 is 0 Å². The van der Waals surface area contributed by atoms with Crippen LogP contribution in [-0.2, 0) is 0 Å². The predicted molar refractivity (Wildman–Crippen MR) is 97.7 cm³/mol. The summed E-state index contributed by atoms with van der Waals surface area (Å²) in [5.41, 5.74) is 1.16. The fourth-order valence-electron chi connectivity index (χ4n) is 2.52. The van der Waals surface area contributed by atoms with Crippen LogP contribution in [0, 0.1) is 0 Å². The number of nitrogens with one attached hydrogen (secondary N) is 1. The third kappa shape index (κ3) is 3.67. The first-order valence-electron chi connectivity index (χ1n) is 7.90. The van der Waals surface area contributed by atoms with E-state index in [9.17, 15) is 19.5 Å². The van der Waals surface area contributed by atoms with Gasteiger partial charge in [0, 0.05) is 16.7 Å². The Morgan fingerprint density at radius 3 is 1.85 bits per heavy atom. The fourth-order valence-corrected chi connectivity index (χ4v) is 2.52. The van der Waals surface area contributed by atoms with Gasteiger partial charge in [-0.25, -0.2) is 4.79 Å². The van der Waals surface area contributed by atoms with Gasteiger partial charge in [-0.05, 0) is 24.3 Å². The van der Waals surface area contributed by atoms with E-state index in [0.717, 1.165) is 0 Å². The van der Waals surface area contributed by atoms with E-state index >= 15 is 0 Å². The molecule has 0 aliphatic rings. The summed E-state index contributed by atoms with van der Waals surface area (Å²) in [5.74, 6) is -1.89. The van der Waals surface area contributed by atoms with Crippen molar-refractivity contribution in [2.75, 3.05) is 5.32 Å². The number of anilines is 1. The highest BCUT2D eigenvalue weighted by atomic mass is 16.4. The maximum atomic E-state index is 12.6. The number of hydrogen-bond donors (Lipinski definition) is 2. The Kier molecular flexibility index (Phi) is 4.90. The predicted octanol–water partition coefficient (Wildman–Crippen LogP) is 3.87. The average molecular weight is 345 g/mol. The monoisotopic (exact) mass is 345 g/mol. The number of carbonyl (C=O) groups is 3. The third-order valence-corrected chi connectivity index (χ3v) is 3.83. The van der Waals surface area contributed by atoms with Gasteiger partial charge < -0.3 is 10.4 Å². The molecule has 0 fully saturated rings. The van der Waals surface area contributed by atoms with Gasteiger partial charge in [-0.15, -0.1) is 0 Å². The molecule has 0 radical (unpaired) electrons. The minimum absolute atomic E-state index is 0.0770. The summed E-state index contributed by atoms with van der Waals surface area (Å²) >= 11 is 0. The average Bonchev–Trinajstić information content (AvgIpc) is 2.68. The number of ketones is 1. The molecule has 0 aliphatic heterocycles. The van der Waals surface area contributed by atoms with Crippen molar-refractivity contribution in [3.8, 4) is 0 Å². The minimum atomic E-state index is -1.19.